The molecule has 3 rings (SSSR count). The summed E-state index contributed by atoms with van der Waals surface area (Å²) in [4.78, 5) is 12.7. The number of benzene rings is 2. The molecule has 2 aromatic carbocycles. The van der Waals surface area contributed by atoms with Crippen molar-refractivity contribution < 1.29 is 13.2 Å². The monoisotopic (exact) mass is 420 g/mol. The van der Waals surface area contributed by atoms with E-state index in [0.717, 1.165) is 24.8 Å². The number of nitrogens with zero attached hydrogens (tertiary/aromatic N) is 1. The van der Waals surface area contributed by atoms with E-state index in [9.17, 15) is 13.2 Å². The van der Waals surface area contributed by atoms with Gasteiger partial charge < -0.3 is 5.32 Å². The first-order valence-electron chi connectivity index (χ1n) is 9.53. The molecule has 0 bridgehead atoms. The van der Waals surface area contributed by atoms with Gasteiger partial charge in [-0.2, -0.15) is 4.31 Å². The zero-order valence-electron chi connectivity index (χ0n) is 15.9. The molecule has 1 atom stereocenters. The summed E-state index contributed by atoms with van der Waals surface area (Å²) in [5.41, 5.74) is 1.54. The van der Waals surface area contributed by atoms with Gasteiger partial charge >= 0.3 is 0 Å². The van der Waals surface area contributed by atoms with E-state index in [-0.39, 0.29) is 11.8 Å². The molecule has 0 aromatic heterocycles. The van der Waals surface area contributed by atoms with Gasteiger partial charge in [-0.15, -0.1) is 0 Å². The average molecular weight is 421 g/mol. The number of hydrogen-bond donors (Lipinski definition) is 1. The van der Waals surface area contributed by atoms with Crippen LogP contribution in [0.4, 0.5) is 0 Å². The van der Waals surface area contributed by atoms with E-state index in [4.69, 9.17) is 11.6 Å². The van der Waals surface area contributed by atoms with Gasteiger partial charge in [-0.3, -0.25) is 4.79 Å². The number of aryl methyl sites for hydroxylation is 1. The molecule has 1 fully saturated rings. The smallest absolute Gasteiger partial charge is 0.252 e. The summed E-state index contributed by atoms with van der Waals surface area (Å²) in [6, 6.07) is 14.0. The second-order valence-corrected chi connectivity index (χ2v) is 9.40. The summed E-state index contributed by atoms with van der Waals surface area (Å²) in [6.45, 7) is 3.37. The fraction of sp³-hybridized carbons (Fsp3) is 0.381. The largest absolute Gasteiger partial charge is 0.352 e. The van der Waals surface area contributed by atoms with Crippen molar-refractivity contribution >= 4 is 27.5 Å². The lowest BCUT2D eigenvalue weighted by Crippen LogP contribution is -2.43. The van der Waals surface area contributed by atoms with E-state index in [1.54, 1.807) is 36.4 Å². The van der Waals surface area contributed by atoms with Gasteiger partial charge in [0.25, 0.3) is 5.91 Å². The number of rotatable bonds is 6. The Morgan fingerprint density at radius 2 is 1.89 bits per heavy atom. The molecular weight excluding hydrogens is 396 g/mol. The SMILES string of the molecule is CCc1ccc(S(=O)(=O)N2CCCC(CNC(=O)c3ccccc3Cl)C2)cc1. The van der Waals surface area contributed by atoms with Gasteiger partial charge in [0.2, 0.25) is 10.0 Å². The highest BCUT2D eigenvalue weighted by Gasteiger charge is 2.30. The second kappa shape index (κ2) is 9.07. The lowest BCUT2D eigenvalue weighted by atomic mass is 9.99. The summed E-state index contributed by atoms with van der Waals surface area (Å²) in [6.07, 6.45) is 2.53. The average Bonchev–Trinajstić information content (AvgIpc) is 2.72. The van der Waals surface area contributed by atoms with Crippen LogP contribution in [-0.2, 0) is 16.4 Å². The second-order valence-electron chi connectivity index (χ2n) is 7.06. The molecule has 0 aliphatic carbocycles. The predicted octanol–water partition coefficient (Wildman–Crippen LogP) is 3.73. The minimum Gasteiger partial charge on any atom is -0.352 e. The zero-order chi connectivity index (χ0) is 20.1. The lowest BCUT2D eigenvalue weighted by Gasteiger charge is -2.32. The highest BCUT2D eigenvalue weighted by atomic mass is 35.5. The molecule has 0 radical (unpaired) electrons. The van der Waals surface area contributed by atoms with Crippen molar-refractivity contribution in [3.8, 4) is 0 Å². The minimum absolute atomic E-state index is 0.0740. The summed E-state index contributed by atoms with van der Waals surface area (Å²) in [5.74, 6) is -0.161. The van der Waals surface area contributed by atoms with E-state index in [2.05, 4.69) is 5.32 Å². The number of piperidine rings is 1. The van der Waals surface area contributed by atoms with Crippen LogP contribution in [0.2, 0.25) is 5.02 Å². The van der Waals surface area contributed by atoms with Crippen LogP contribution in [0.5, 0.6) is 0 Å². The van der Waals surface area contributed by atoms with Crippen LogP contribution >= 0.6 is 11.6 Å². The molecule has 1 aliphatic heterocycles. The van der Waals surface area contributed by atoms with Crippen molar-refractivity contribution in [3.63, 3.8) is 0 Å². The Morgan fingerprint density at radius 1 is 1.18 bits per heavy atom. The molecule has 2 aromatic rings. The molecule has 1 N–H and O–H groups in total. The van der Waals surface area contributed by atoms with Crippen LogP contribution in [0.15, 0.2) is 53.4 Å². The molecule has 0 saturated carbocycles. The van der Waals surface area contributed by atoms with Gasteiger partial charge in [-0.25, -0.2) is 8.42 Å². The van der Waals surface area contributed by atoms with Crippen molar-refractivity contribution in [1.82, 2.24) is 9.62 Å². The number of carbonyl (C=O) groups is 1. The van der Waals surface area contributed by atoms with Gasteiger partial charge in [-0.1, -0.05) is 42.8 Å². The Labute approximate surface area is 171 Å². The van der Waals surface area contributed by atoms with Crippen molar-refractivity contribution in [3.05, 3.63) is 64.7 Å². The first-order valence-corrected chi connectivity index (χ1v) is 11.4. The summed E-state index contributed by atoms with van der Waals surface area (Å²) in [5, 5.41) is 3.30. The Hall–Kier alpha value is -1.89. The van der Waals surface area contributed by atoms with Crippen molar-refractivity contribution in [2.24, 2.45) is 5.92 Å². The van der Waals surface area contributed by atoms with E-state index >= 15 is 0 Å². The van der Waals surface area contributed by atoms with Crippen LogP contribution in [0.1, 0.15) is 35.7 Å². The van der Waals surface area contributed by atoms with Crippen LogP contribution < -0.4 is 5.32 Å². The van der Waals surface area contributed by atoms with Crippen LogP contribution in [0.3, 0.4) is 0 Å². The fourth-order valence-corrected chi connectivity index (χ4v) is 5.21. The first-order chi connectivity index (χ1) is 13.4. The molecule has 1 amide bonds. The van der Waals surface area contributed by atoms with Crippen molar-refractivity contribution in [2.45, 2.75) is 31.1 Å². The number of carbonyl (C=O) groups excluding carboxylic acids is 1. The molecule has 150 valence electrons. The third-order valence-corrected chi connectivity index (χ3v) is 7.33. The van der Waals surface area contributed by atoms with Gasteiger partial charge in [0.15, 0.2) is 0 Å². The number of nitrogens with one attached hydrogen (secondary N) is 1. The number of halogens is 1. The Kier molecular flexibility index (Phi) is 6.75. The molecule has 1 saturated heterocycles. The number of sulfonamides is 1. The van der Waals surface area contributed by atoms with Gasteiger partial charge in [0, 0.05) is 19.6 Å². The maximum atomic E-state index is 13.0. The van der Waals surface area contributed by atoms with E-state index < -0.39 is 10.0 Å². The third-order valence-electron chi connectivity index (χ3n) is 5.12. The highest BCUT2D eigenvalue weighted by Crippen LogP contribution is 2.24. The first kappa shape index (κ1) is 20.8. The summed E-state index contributed by atoms with van der Waals surface area (Å²) >= 11 is 6.06. The summed E-state index contributed by atoms with van der Waals surface area (Å²) < 4.78 is 27.4. The molecule has 1 aliphatic rings. The number of hydrogen-bond acceptors (Lipinski definition) is 3. The predicted molar refractivity (Wildman–Crippen MR) is 111 cm³/mol. The van der Waals surface area contributed by atoms with Gasteiger partial charge in [-0.05, 0) is 55.0 Å². The molecule has 5 nitrogen and oxygen atoms in total. The molecule has 28 heavy (non-hydrogen) atoms. The van der Waals surface area contributed by atoms with E-state index in [1.165, 1.54) is 4.31 Å². The standard InChI is InChI=1S/C21H25ClN2O3S/c1-2-16-9-11-18(12-10-16)28(26,27)24-13-5-6-17(15-24)14-23-21(25)19-7-3-4-8-20(19)22/h3-4,7-12,17H,2,5-6,13-15H2,1H3,(H,23,25). The van der Waals surface area contributed by atoms with Crippen LogP contribution in [0, 0.1) is 5.92 Å². The highest BCUT2D eigenvalue weighted by molar-refractivity contribution is 7.89. The topological polar surface area (TPSA) is 66.5 Å². The Balaban J connectivity index is 1.63. The van der Waals surface area contributed by atoms with E-state index in [1.807, 2.05) is 19.1 Å². The van der Waals surface area contributed by atoms with Gasteiger partial charge in [0.05, 0.1) is 15.5 Å². The quantitative estimate of drug-likeness (QED) is 0.774. The maximum absolute atomic E-state index is 13.0. The number of amides is 1. The molecule has 1 unspecified atom stereocenters. The summed E-state index contributed by atoms with van der Waals surface area (Å²) in [7, 11) is -3.52. The molecule has 0 spiro atoms. The fourth-order valence-electron chi connectivity index (χ4n) is 3.44. The Morgan fingerprint density at radius 3 is 2.57 bits per heavy atom. The van der Waals surface area contributed by atoms with Crippen molar-refractivity contribution in [2.75, 3.05) is 19.6 Å². The van der Waals surface area contributed by atoms with E-state index in [0.29, 0.717) is 35.1 Å². The maximum Gasteiger partial charge on any atom is 0.252 e. The van der Waals surface area contributed by atoms with Crippen LogP contribution in [0.25, 0.3) is 0 Å². The molecular formula is C21H25ClN2O3S. The Bertz CT molecular complexity index is 929. The third kappa shape index (κ3) is 4.74. The molecule has 7 heteroatoms. The lowest BCUT2D eigenvalue weighted by molar-refractivity contribution is 0.0941. The van der Waals surface area contributed by atoms with Crippen molar-refractivity contribution in [1.29, 1.82) is 0 Å². The zero-order valence-corrected chi connectivity index (χ0v) is 17.5. The minimum atomic E-state index is -3.52. The van der Waals surface area contributed by atoms with Gasteiger partial charge in [0.1, 0.15) is 0 Å². The van der Waals surface area contributed by atoms with Crippen LogP contribution in [-0.4, -0.2) is 38.3 Å². The molecule has 1 heterocycles. The normalized spacial score (nSPS) is 18.0.